The van der Waals surface area contributed by atoms with Gasteiger partial charge < -0.3 is 16.6 Å². The second-order valence-electron chi connectivity index (χ2n) is 1.82. The summed E-state index contributed by atoms with van der Waals surface area (Å²) < 4.78 is 0. The number of phenolic OH excluding ortho intramolecular Hbond substituents is 1. The van der Waals surface area contributed by atoms with Crippen molar-refractivity contribution in [2.24, 2.45) is 0 Å². The normalized spacial score (nSPS) is 9.33. The summed E-state index contributed by atoms with van der Waals surface area (Å²) in [5.74, 6) is 0.0370. The van der Waals surface area contributed by atoms with Crippen molar-refractivity contribution in [1.82, 2.24) is 0 Å². The van der Waals surface area contributed by atoms with Crippen molar-refractivity contribution in [2.45, 2.75) is 0 Å². The first-order chi connectivity index (χ1) is 4.20. The Morgan fingerprint density at radius 2 is 1.89 bits per heavy atom. The van der Waals surface area contributed by atoms with Gasteiger partial charge in [0, 0.05) is 11.8 Å². The van der Waals surface area contributed by atoms with Crippen molar-refractivity contribution in [1.29, 1.82) is 0 Å². The molecule has 0 unspecified atom stereocenters. The molecule has 0 aliphatic heterocycles. The maximum absolute atomic E-state index is 8.90. The lowest BCUT2D eigenvalue weighted by molar-refractivity contribution is 0.478. The first-order valence-corrected chi connectivity index (χ1v) is 2.54. The highest BCUT2D eigenvalue weighted by molar-refractivity contribution is 5.58. The number of nitrogens with two attached hydrogens (primary N) is 2. The van der Waals surface area contributed by atoms with Gasteiger partial charge >= 0.3 is 0 Å². The topological polar surface area (TPSA) is 72.3 Å². The Morgan fingerprint density at radius 1 is 1.22 bits per heavy atom. The van der Waals surface area contributed by atoms with E-state index in [4.69, 9.17) is 16.6 Å². The quantitative estimate of drug-likeness (QED) is 0.349. The van der Waals surface area contributed by atoms with E-state index in [9.17, 15) is 0 Å². The molecule has 3 nitrogen and oxygen atoms in total. The number of phenols is 1. The molecule has 0 aliphatic rings. The number of hydrogen-bond donors (Lipinski definition) is 3. The van der Waals surface area contributed by atoms with Gasteiger partial charge in [-0.1, -0.05) is 0 Å². The smallest absolute Gasteiger partial charge is 0.140 e. The fourth-order valence-electron chi connectivity index (χ4n) is 0.561. The van der Waals surface area contributed by atoms with Gasteiger partial charge in [0.05, 0.1) is 5.69 Å². The van der Waals surface area contributed by atoms with Gasteiger partial charge in [-0.25, -0.2) is 0 Å². The zero-order valence-electron chi connectivity index (χ0n) is 4.83. The Labute approximate surface area is 52.9 Å². The molecule has 5 N–H and O–H groups in total. The predicted octanol–water partition coefficient (Wildman–Crippen LogP) is 0.557. The molecule has 48 valence electrons. The highest BCUT2D eigenvalue weighted by Gasteiger charge is 1.93. The second kappa shape index (κ2) is 1.85. The summed E-state index contributed by atoms with van der Waals surface area (Å²) in [5.41, 5.74) is 11.5. The number of benzene rings is 1. The predicted molar refractivity (Wildman–Crippen MR) is 36.9 cm³/mol. The van der Waals surface area contributed by atoms with Crippen molar-refractivity contribution >= 4 is 11.4 Å². The molecule has 3 heteroatoms. The lowest BCUT2D eigenvalue weighted by Crippen LogP contribution is -1.88. The molecule has 0 saturated carbocycles. The van der Waals surface area contributed by atoms with Crippen molar-refractivity contribution in [3.63, 3.8) is 0 Å². The average molecular weight is 124 g/mol. The molecule has 0 heterocycles. The van der Waals surface area contributed by atoms with E-state index in [1.54, 1.807) is 12.1 Å². The second-order valence-corrected chi connectivity index (χ2v) is 1.82. The SMILES string of the molecule is Nc1ccc(N)c(O)c1. The minimum absolute atomic E-state index is 0.0370. The van der Waals surface area contributed by atoms with Crippen molar-refractivity contribution < 1.29 is 5.11 Å². The Balaban J connectivity index is 3.17. The van der Waals surface area contributed by atoms with E-state index in [1.807, 2.05) is 0 Å². The van der Waals surface area contributed by atoms with E-state index in [0.29, 0.717) is 11.4 Å². The third kappa shape index (κ3) is 1.05. The summed E-state index contributed by atoms with van der Waals surface area (Å²) in [5, 5.41) is 8.90. The molecule has 0 spiro atoms. The first kappa shape index (κ1) is 5.75. The summed E-state index contributed by atoms with van der Waals surface area (Å²) in [6.45, 7) is 0. The van der Waals surface area contributed by atoms with E-state index in [2.05, 4.69) is 0 Å². The molecular weight excluding hydrogens is 116 g/mol. The van der Waals surface area contributed by atoms with E-state index < -0.39 is 0 Å². The van der Waals surface area contributed by atoms with Gasteiger partial charge in [-0.3, -0.25) is 0 Å². The van der Waals surface area contributed by atoms with Gasteiger partial charge in [-0.05, 0) is 12.1 Å². The van der Waals surface area contributed by atoms with Crippen LogP contribution in [0.15, 0.2) is 18.2 Å². The number of hydrogen-bond acceptors (Lipinski definition) is 3. The monoisotopic (exact) mass is 124 g/mol. The van der Waals surface area contributed by atoms with E-state index >= 15 is 0 Å². The molecule has 0 aliphatic carbocycles. The third-order valence-electron chi connectivity index (χ3n) is 1.05. The largest absolute Gasteiger partial charge is 0.506 e. The zero-order valence-corrected chi connectivity index (χ0v) is 4.83. The molecule has 1 aromatic carbocycles. The molecule has 0 fully saturated rings. The Hall–Kier alpha value is -1.38. The van der Waals surface area contributed by atoms with Gasteiger partial charge in [0.25, 0.3) is 0 Å². The molecule has 0 aromatic heterocycles. The molecule has 0 atom stereocenters. The van der Waals surface area contributed by atoms with Crippen LogP contribution in [0.25, 0.3) is 0 Å². The molecule has 0 saturated heterocycles. The van der Waals surface area contributed by atoms with Gasteiger partial charge in [0.15, 0.2) is 0 Å². The number of anilines is 2. The van der Waals surface area contributed by atoms with Gasteiger partial charge in [-0.2, -0.15) is 0 Å². The average Bonchev–Trinajstić information content (AvgIpc) is 1.80. The maximum Gasteiger partial charge on any atom is 0.140 e. The fraction of sp³-hybridized carbons (Fsp3) is 0. The van der Waals surface area contributed by atoms with Crippen LogP contribution >= 0.6 is 0 Å². The summed E-state index contributed by atoms with van der Waals surface area (Å²) in [6, 6.07) is 4.61. The van der Waals surface area contributed by atoms with E-state index in [-0.39, 0.29) is 5.75 Å². The van der Waals surface area contributed by atoms with E-state index in [0.717, 1.165) is 0 Å². The molecule has 0 radical (unpaired) electrons. The number of aromatic hydroxyl groups is 1. The van der Waals surface area contributed by atoms with Crippen LogP contribution in [0, 0.1) is 0 Å². The Kier molecular flexibility index (Phi) is 1.18. The van der Waals surface area contributed by atoms with Crippen LogP contribution < -0.4 is 11.5 Å². The van der Waals surface area contributed by atoms with Crippen molar-refractivity contribution in [3.05, 3.63) is 18.2 Å². The number of rotatable bonds is 0. The van der Waals surface area contributed by atoms with E-state index in [1.165, 1.54) is 6.07 Å². The van der Waals surface area contributed by atoms with Crippen LogP contribution in [0.5, 0.6) is 5.75 Å². The summed E-state index contributed by atoms with van der Waals surface area (Å²) >= 11 is 0. The lowest BCUT2D eigenvalue weighted by Gasteiger charge is -1.97. The first-order valence-electron chi connectivity index (χ1n) is 2.54. The van der Waals surface area contributed by atoms with Crippen LogP contribution in [0.2, 0.25) is 0 Å². The fourth-order valence-corrected chi connectivity index (χ4v) is 0.561. The van der Waals surface area contributed by atoms with Crippen LogP contribution in [-0.2, 0) is 0 Å². The van der Waals surface area contributed by atoms with Crippen LogP contribution in [-0.4, -0.2) is 5.11 Å². The number of nitrogen functional groups attached to an aromatic ring is 2. The molecule has 0 amide bonds. The highest BCUT2D eigenvalue weighted by Crippen LogP contribution is 2.21. The molecule has 9 heavy (non-hydrogen) atoms. The minimum Gasteiger partial charge on any atom is -0.506 e. The molecule has 1 aromatic rings. The third-order valence-corrected chi connectivity index (χ3v) is 1.05. The summed E-state index contributed by atoms with van der Waals surface area (Å²) in [7, 11) is 0. The molecular formula is C6H8N2O. The van der Waals surface area contributed by atoms with Crippen LogP contribution in [0.1, 0.15) is 0 Å². The maximum atomic E-state index is 8.90. The minimum atomic E-state index is 0.0370. The molecule has 0 bridgehead atoms. The van der Waals surface area contributed by atoms with Crippen LogP contribution in [0.4, 0.5) is 11.4 Å². The Morgan fingerprint density at radius 3 is 2.33 bits per heavy atom. The summed E-state index contributed by atoms with van der Waals surface area (Å²) in [6.07, 6.45) is 0. The Bertz CT molecular complexity index is 222. The van der Waals surface area contributed by atoms with Gasteiger partial charge in [0.2, 0.25) is 0 Å². The van der Waals surface area contributed by atoms with Crippen molar-refractivity contribution in [3.8, 4) is 5.75 Å². The lowest BCUT2D eigenvalue weighted by atomic mass is 10.3. The van der Waals surface area contributed by atoms with Crippen LogP contribution in [0.3, 0.4) is 0 Å². The van der Waals surface area contributed by atoms with Gasteiger partial charge in [0.1, 0.15) is 5.75 Å². The van der Waals surface area contributed by atoms with Crippen molar-refractivity contribution in [2.75, 3.05) is 11.5 Å². The highest BCUT2D eigenvalue weighted by atomic mass is 16.3. The molecule has 1 rings (SSSR count). The standard InChI is InChI=1S/C6H8N2O/c7-4-1-2-5(8)6(9)3-4/h1-3,9H,7-8H2. The van der Waals surface area contributed by atoms with Gasteiger partial charge in [-0.15, -0.1) is 0 Å². The zero-order chi connectivity index (χ0) is 6.85. The summed E-state index contributed by atoms with van der Waals surface area (Å²) in [4.78, 5) is 0.